The highest BCUT2D eigenvalue weighted by molar-refractivity contribution is 5.47. The maximum absolute atomic E-state index is 5.86. The van der Waals surface area contributed by atoms with Gasteiger partial charge >= 0.3 is 0 Å². The zero-order valence-electron chi connectivity index (χ0n) is 14.5. The van der Waals surface area contributed by atoms with Gasteiger partial charge in [0, 0.05) is 25.0 Å². The highest BCUT2D eigenvalue weighted by Crippen LogP contribution is 2.40. The first-order valence-corrected chi connectivity index (χ1v) is 8.76. The van der Waals surface area contributed by atoms with Crippen LogP contribution >= 0.6 is 0 Å². The molecular formula is C17H21N7O. The van der Waals surface area contributed by atoms with E-state index in [2.05, 4.69) is 37.1 Å². The largest absolute Gasteiger partial charge is 0.444 e. The number of fused-ring (bicyclic) bond motifs is 1. The SMILES string of the molecule is Cc1nnc2ccc(N3CC(N(C)Cc4ncc(C5CC5)o4)C3)nn12. The molecule has 3 aromatic heterocycles. The molecule has 0 radical (unpaired) electrons. The molecule has 0 N–H and O–H groups in total. The molecule has 0 bridgehead atoms. The average molecular weight is 339 g/mol. The molecule has 25 heavy (non-hydrogen) atoms. The van der Waals surface area contributed by atoms with Gasteiger partial charge in [-0.15, -0.1) is 15.3 Å². The van der Waals surface area contributed by atoms with Gasteiger partial charge in [0.1, 0.15) is 11.6 Å². The molecule has 5 rings (SSSR count). The molecule has 8 heteroatoms. The van der Waals surface area contributed by atoms with Crippen molar-refractivity contribution in [3.8, 4) is 0 Å². The summed E-state index contributed by atoms with van der Waals surface area (Å²) in [4.78, 5) is 9.00. The highest BCUT2D eigenvalue weighted by Gasteiger charge is 2.32. The van der Waals surface area contributed by atoms with Gasteiger partial charge in [-0.2, -0.15) is 4.52 Å². The van der Waals surface area contributed by atoms with Crippen molar-refractivity contribution in [1.82, 2.24) is 29.7 Å². The Morgan fingerprint density at radius 3 is 2.88 bits per heavy atom. The van der Waals surface area contributed by atoms with Crippen molar-refractivity contribution in [2.24, 2.45) is 0 Å². The first-order valence-electron chi connectivity index (χ1n) is 8.76. The van der Waals surface area contributed by atoms with Crippen molar-refractivity contribution >= 4 is 11.5 Å². The van der Waals surface area contributed by atoms with Gasteiger partial charge in [-0.1, -0.05) is 0 Å². The van der Waals surface area contributed by atoms with Gasteiger partial charge in [0.2, 0.25) is 5.89 Å². The second-order valence-electron chi connectivity index (χ2n) is 7.11. The Balaban J connectivity index is 1.21. The van der Waals surface area contributed by atoms with Crippen molar-refractivity contribution in [3.63, 3.8) is 0 Å². The summed E-state index contributed by atoms with van der Waals surface area (Å²) >= 11 is 0. The number of nitrogens with zero attached hydrogens (tertiary/aromatic N) is 7. The summed E-state index contributed by atoms with van der Waals surface area (Å²) in [5.74, 6) is 4.27. The Labute approximate surface area is 145 Å². The standard InChI is InChI=1S/C17H21N7O/c1-11-19-20-15-5-6-16(21-24(11)15)23-8-13(9-23)22(2)10-17-18-7-14(25-17)12-3-4-12/h5-7,12-13H,3-4,8-10H2,1-2H3. The smallest absolute Gasteiger partial charge is 0.208 e. The summed E-state index contributed by atoms with van der Waals surface area (Å²) < 4.78 is 7.66. The second kappa shape index (κ2) is 5.52. The Morgan fingerprint density at radius 1 is 1.24 bits per heavy atom. The van der Waals surface area contributed by atoms with Crippen molar-refractivity contribution in [3.05, 3.63) is 35.8 Å². The third-order valence-electron chi connectivity index (χ3n) is 5.15. The molecule has 0 aromatic carbocycles. The fraction of sp³-hybridized carbons (Fsp3) is 0.529. The van der Waals surface area contributed by atoms with E-state index < -0.39 is 0 Å². The molecule has 0 unspecified atom stereocenters. The van der Waals surface area contributed by atoms with Crippen LogP contribution in [0.4, 0.5) is 5.82 Å². The molecule has 2 aliphatic rings. The van der Waals surface area contributed by atoms with Crippen molar-refractivity contribution < 1.29 is 4.42 Å². The van der Waals surface area contributed by atoms with E-state index in [0.29, 0.717) is 12.0 Å². The lowest BCUT2D eigenvalue weighted by molar-refractivity contribution is 0.179. The molecule has 0 spiro atoms. The maximum Gasteiger partial charge on any atom is 0.208 e. The van der Waals surface area contributed by atoms with Crippen LogP contribution in [0.15, 0.2) is 22.7 Å². The Bertz CT molecular complexity index is 907. The molecule has 3 aromatic rings. The Morgan fingerprint density at radius 2 is 2.08 bits per heavy atom. The lowest BCUT2D eigenvalue weighted by atomic mass is 10.1. The van der Waals surface area contributed by atoms with Gasteiger partial charge < -0.3 is 9.32 Å². The van der Waals surface area contributed by atoms with E-state index in [4.69, 9.17) is 4.42 Å². The van der Waals surface area contributed by atoms with Crippen LogP contribution in [0.2, 0.25) is 0 Å². The average Bonchev–Trinajstić information content (AvgIpc) is 3.21. The van der Waals surface area contributed by atoms with Crippen LogP contribution in [0.1, 0.15) is 36.2 Å². The number of hydrogen-bond acceptors (Lipinski definition) is 7. The van der Waals surface area contributed by atoms with Gasteiger partial charge in [-0.05, 0) is 38.9 Å². The van der Waals surface area contributed by atoms with Crippen molar-refractivity contribution in [2.75, 3.05) is 25.0 Å². The first kappa shape index (κ1) is 14.8. The van der Waals surface area contributed by atoms with Crippen LogP contribution in [0, 0.1) is 6.92 Å². The third-order valence-corrected chi connectivity index (χ3v) is 5.15. The first-order chi connectivity index (χ1) is 12.2. The van der Waals surface area contributed by atoms with Gasteiger partial charge in [-0.3, -0.25) is 4.90 Å². The number of rotatable bonds is 5. The molecule has 1 saturated heterocycles. The molecule has 0 amide bonds. The molecule has 4 heterocycles. The van der Waals surface area contributed by atoms with Crippen molar-refractivity contribution in [1.29, 1.82) is 0 Å². The van der Waals surface area contributed by atoms with Gasteiger partial charge in [-0.25, -0.2) is 4.98 Å². The fourth-order valence-electron chi connectivity index (χ4n) is 3.27. The highest BCUT2D eigenvalue weighted by atomic mass is 16.4. The molecule has 0 atom stereocenters. The van der Waals surface area contributed by atoms with E-state index in [1.54, 1.807) is 4.52 Å². The maximum atomic E-state index is 5.86. The minimum Gasteiger partial charge on any atom is -0.444 e. The normalized spacial score (nSPS) is 18.3. The van der Waals surface area contributed by atoms with Crippen LogP contribution in [-0.2, 0) is 6.54 Å². The van der Waals surface area contributed by atoms with Crippen LogP contribution < -0.4 is 4.90 Å². The molecule has 1 aliphatic carbocycles. The summed E-state index contributed by atoms with van der Waals surface area (Å²) in [6.07, 6.45) is 4.38. The van der Waals surface area contributed by atoms with Crippen LogP contribution in [0.3, 0.4) is 0 Å². The van der Waals surface area contributed by atoms with Crippen LogP contribution in [-0.4, -0.2) is 55.9 Å². The summed E-state index contributed by atoms with van der Waals surface area (Å²) in [5.41, 5.74) is 0.783. The Hall–Kier alpha value is -2.48. The van der Waals surface area contributed by atoms with Gasteiger partial charge in [0.05, 0.1) is 12.7 Å². The molecular weight excluding hydrogens is 318 g/mol. The number of aryl methyl sites for hydroxylation is 1. The van der Waals surface area contributed by atoms with E-state index in [0.717, 1.165) is 48.6 Å². The number of hydrogen-bond donors (Lipinski definition) is 0. The number of oxazole rings is 1. The zero-order chi connectivity index (χ0) is 17.0. The third kappa shape index (κ3) is 2.66. The van der Waals surface area contributed by atoms with E-state index in [9.17, 15) is 0 Å². The summed E-state index contributed by atoms with van der Waals surface area (Å²) in [7, 11) is 2.13. The lowest BCUT2D eigenvalue weighted by Gasteiger charge is -2.44. The Kier molecular flexibility index (Phi) is 3.27. The topological polar surface area (TPSA) is 75.6 Å². The van der Waals surface area contributed by atoms with Gasteiger partial charge in [0.25, 0.3) is 0 Å². The number of anilines is 1. The van der Waals surface area contributed by atoms with E-state index >= 15 is 0 Å². The van der Waals surface area contributed by atoms with Crippen LogP contribution in [0.5, 0.6) is 0 Å². The summed E-state index contributed by atoms with van der Waals surface area (Å²) in [6.45, 7) is 4.57. The predicted octanol–water partition coefficient (Wildman–Crippen LogP) is 1.62. The molecule has 130 valence electrons. The van der Waals surface area contributed by atoms with Gasteiger partial charge in [0.15, 0.2) is 11.5 Å². The second-order valence-corrected chi connectivity index (χ2v) is 7.11. The fourth-order valence-corrected chi connectivity index (χ4v) is 3.27. The van der Waals surface area contributed by atoms with E-state index in [-0.39, 0.29) is 0 Å². The molecule has 1 aliphatic heterocycles. The van der Waals surface area contributed by atoms with Crippen molar-refractivity contribution in [2.45, 2.75) is 38.3 Å². The quantitative estimate of drug-likeness (QED) is 0.699. The summed E-state index contributed by atoms with van der Waals surface area (Å²) in [5, 5.41) is 12.8. The van der Waals surface area contributed by atoms with E-state index in [1.165, 1.54) is 12.8 Å². The molecule has 1 saturated carbocycles. The van der Waals surface area contributed by atoms with E-state index in [1.807, 2.05) is 25.3 Å². The predicted molar refractivity (Wildman–Crippen MR) is 91.5 cm³/mol. The number of likely N-dealkylation sites (N-methyl/N-ethyl adjacent to an activating group) is 1. The zero-order valence-corrected chi connectivity index (χ0v) is 14.5. The number of aromatic nitrogens is 5. The molecule has 2 fully saturated rings. The minimum atomic E-state index is 0.482. The minimum absolute atomic E-state index is 0.482. The van der Waals surface area contributed by atoms with Crippen LogP contribution in [0.25, 0.3) is 5.65 Å². The lowest BCUT2D eigenvalue weighted by Crippen LogP contribution is -2.58. The summed E-state index contributed by atoms with van der Waals surface area (Å²) in [6, 6.07) is 4.46. The monoisotopic (exact) mass is 339 g/mol. The molecule has 8 nitrogen and oxygen atoms in total.